The van der Waals surface area contributed by atoms with Crippen LogP contribution >= 0.6 is 0 Å². The molecular formula is C28H28N2O3. The van der Waals surface area contributed by atoms with E-state index in [0.29, 0.717) is 23.6 Å². The van der Waals surface area contributed by atoms with Gasteiger partial charge in [0.1, 0.15) is 11.4 Å². The van der Waals surface area contributed by atoms with Gasteiger partial charge in [-0.2, -0.15) is 0 Å². The number of nitrogens with zero attached hydrogens (tertiary/aromatic N) is 1. The largest absolute Gasteiger partial charge is 0.494 e. The third-order valence-electron chi connectivity index (χ3n) is 5.78. The molecule has 0 fully saturated rings. The first kappa shape index (κ1) is 22.3. The summed E-state index contributed by atoms with van der Waals surface area (Å²) in [5.74, 6) is 0.0594. The Morgan fingerprint density at radius 2 is 1.45 bits per heavy atom. The van der Waals surface area contributed by atoms with Gasteiger partial charge in [-0.05, 0) is 87.2 Å². The van der Waals surface area contributed by atoms with Gasteiger partial charge < -0.3 is 10.1 Å². The van der Waals surface area contributed by atoms with Crippen molar-refractivity contribution in [1.82, 2.24) is 0 Å². The molecule has 5 nitrogen and oxygen atoms in total. The van der Waals surface area contributed by atoms with Crippen LogP contribution in [0, 0.1) is 27.7 Å². The number of amides is 2. The van der Waals surface area contributed by atoms with E-state index in [1.807, 2.05) is 95.3 Å². The van der Waals surface area contributed by atoms with Gasteiger partial charge in [0.15, 0.2) is 0 Å². The number of imide groups is 1. The molecule has 0 bridgehead atoms. The highest BCUT2D eigenvalue weighted by molar-refractivity contribution is 6.46. The predicted molar refractivity (Wildman–Crippen MR) is 132 cm³/mol. The molecule has 2 amide bonds. The quantitative estimate of drug-likeness (QED) is 0.499. The summed E-state index contributed by atoms with van der Waals surface area (Å²) in [5, 5.41) is 3.23. The van der Waals surface area contributed by atoms with Gasteiger partial charge in [-0.3, -0.25) is 9.59 Å². The first-order chi connectivity index (χ1) is 15.8. The minimum absolute atomic E-state index is 0.275. The molecule has 0 atom stereocenters. The summed E-state index contributed by atoms with van der Waals surface area (Å²) in [5.41, 5.74) is 6.61. The van der Waals surface area contributed by atoms with Crippen LogP contribution in [0.1, 0.15) is 34.7 Å². The van der Waals surface area contributed by atoms with Gasteiger partial charge >= 0.3 is 0 Å². The maximum Gasteiger partial charge on any atom is 0.282 e. The van der Waals surface area contributed by atoms with Crippen molar-refractivity contribution < 1.29 is 14.3 Å². The van der Waals surface area contributed by atoms with Crippen LogP contribution in [0.2, 0.25) is 0 Å². The lowest BCUT2D eigenvalue weighted by atomic mass is 9.97. The van der Waals surface area contributed by atoms with Gasteiger partial charge in [-0.1, -0.05) is 35.9 Å². The van der Waals surface area contributed by atoms with Gasteiger partial charge in [-0.15, -0.1) is 0 Å². The number of nitrogens with one attached hydrogen (secondary N) is 1. The molecule has 168 valence electrons. The first-order valence-electron chi connectivity index (χ1n) is 11.1. The van der Waals surface area contributed by atoms with Gasteiger partial charge in [0, 0.05) is 5.69 Å². The van der Waals surface area contributed by atoms with Crippen LogP contribution in [-0.2, 0) is 9.59 Å². The average Bonchev–Trinajstić information content (AvgIpc) is 3.01. The zero-order chi connectivity index (χ0) is 23.7. The molecule has 4 rings (SSSR count). The minimum Gasteiger partial charge on any atom is -0.494 e. The van der Waals surface area contributed by atoms with Gasteiger partial charge in [0.2, 0.25) is 0 Å². The molecule has 0 unspecified atom stereocenters. The highest BCUT2D eigenvalue weighted by atomic mass is 16.5. The van der Waals surface area contributed by atoms with Crippen molar-refractivity contribution in [3.8, 4) is 5.75 Å². The molecule has 0 aromatic heterocycles. The number of hydrogen-bond donors (Lipinski definition) is 1. The lowest BCUT2D eigenvalue weighted by molar-refractivity contribution is -0.120. The lowest BCUT2D eigenvalue weighted by Crippen LogP contribution is -2.33. The maximum absolute atomic E-state index is 13.7. The summed E-state index contributed by atoms with van der Waals surface area (Å²) in [6, 6.07) is 19.0. The summed E-state index contributed by atoms with van der Waals surface area (Å²) >= 11 is 0. The van der Waals surface area contributed by atoms with Crippen molar-refractivity contribution >= 4 is 28.8 Å². The monoisotopic (exact) mass is 440 g/mol. The molecule has 0 aliphatic carbocycles. The molecule has 33 heavy (non-hydrogen) atoms. The van der Waals surface area contributed by atoms with E-state index in [2.05, 4.69) is 5.32 Å². The molecular weight excluding hydrogens is 412 g/mol. The fraction of sp³-hybridized carbons (Fsp3) is 0.214. The van der Waals surface area contributed by atoms with E-state index < -0.39 is 0 Å². The van der Waals surface area contributed by atoms with E-state index in [1.54, 1.807) is 0 Å². The van der Waals surface area contributed by atoms with Crippen molar-refractivity contribution in [2.24, 2.45) is 0 Å². The second-order valence-electron chi connectivity index (χ2n) is 8.39. The molecule has 5 heteroatoms. The SMILES string of the molecule is CCOc1ccc(NC2=C(c3ccc(C)cc3C)C(=O)N(c3cc(C)ccc3C)C2=O)cc1. The highest BCUT2D eigenvalue weighted by Crippen LogP contribution is 2.36. The molecule has 0 saturated heterocycles. The van der Waals surface area contributed by atoms with Crippen LogP contribution in [0.5, 0.6) is 5.75 Å². The Balaban J connectivity index is 1.83. The van der Waals surface area contributed by atoms with Gasteiger partial charge in [0.25, 0.3) is 11.8 Å². The van der Waals surface area contributed by atoms with E-state index >= 15 is 0 Å². The Labute approximate surface area is 194 Å². The number of carbonyl (C=O) groups is 2. The number of hydrogen-bond acceptors (Lipinski definition) is 4. The predicted octanol–water partition coefficient (Wildman–Crippen LogP) is 5.72. The third-order valence-corrected chi connectivity index (χ3v) is 5.78. The first-order valence-corrected chi connectivity index (χ1v) is 11.1. The Morgan fingerprint density at radius 1 is 0.788 bits per heavy atom. The van der Waals surface area contributed by atoms with Crippen LogP contribution in [0.4, 0.5) is 11.4 Å². The van der Waals surface area contributed by atoms with Crippen LogP contribution < -0.4 is 15.0 Å². The smallest absolute Gasteiger partial charge is 0.282 e. The van der Waals surface area contributed by atoms with Crippen molar-refractivity contribution in [2.45, 2.75) is 34.6 Å². The molecule has 0 radical (unpaired) electrons. The van der Waals surface area contributed by atoms with Crippen molar-refractivity contribution in [3.05, 3.63) is 94.2 Å². The number of carbonyl (C=O) groups excluding carboxylic acids is 2. The molecule has 0 saturated carbocycles. The van der Waals surface area contributed by atoms with Crippen LogP contribution in [0.15, 0.2) is 66.4 Å². The second-order valence-corrected chi connectivity index (χ2v) is 8.39. The number of aryl methyl sites for hydroxylation is 4. The summed E-state index contributed by atoms with van der Waals surface area (Å²) in [4.78, 5) is 28.7. The van der Waals surface area contributed by atoms with E-state index in [1.165, 1.54) is 4.90 Å². The second kappa shape index (κ2) is 8.94. The molecule has 1 heterocycles. The Kier molecular flexibility index (Phi) is 6.05. The average molecular weight is 441 g/mol. The topological polar surface area (TPSA) is 58.6 Å². The van der Waals surface area contributed by atoms with E-state index in [-0.39, 0.29) is 17.5 Å². The zero-order valence-electron chi connectivity index (χ0n) is 19.7. The third kappa shape index (κ3) is 4.27. The molecule has 3 aromatic rings. The van der Waals surface area contributed by atoms with Crippen molar-refractivity contribution in [2.75, 3.05) is 16.8 Å². The maximum atomic E-state index is 13.7. The standard InChI is InChI=1S/C28H28N2O3/c1-6-33-22-12-10-21(11-13-22)29-26-25(23-14-8-17(2)15-20(23)5)27(31)30(28(26)32)24-16-18(3)7-9-19(24)4/h7-16,29H,6H2,1-5H3. The molecule has 3 aromatic carbocycles. The summed E-state index contributed by atoms with van der Waals surface area (Å²) in [6.45, 7) is 10.3. The summed E-state index contributed by atoms with van der Waals surface area (Å²) in [7, 11) is 0. The number of ether oxygens (including phenoxy) is 1. The zero-order valence-corrected chi connectivity index (χ0v) is 19.7. The lowest BCUT2D eigenvalue weighted by Gasteiger charge is -2.18. The van der Waals surface area contributed by atoms with E-state index in [4.69, 9.17) is 4.74 Å². The normalized spacial score (nSPS) is 13.7. The minimum atomic E-state index is -0.363. The number of benzene rings is 3. The summed E-state index contributed by atoms with van der Waals surface area (Å²) in [6.07, 6.45) is 0. The Morgan fingerprint density at radius 3 is 2.12 bits per heavy atom. The number of anilines is 2. The van der Waals surface area contributed by atoms with Crippen molar-refractivity contribution in [1.29, 1.82) is 0 Å². The molecule has 1 N–H and O–H groups in total. The fourth-order valence-electron chi connectivity index (χ4n) is 4.11. The Hall–Kier alpha value is -3.86. The fourth-order valence-corrected chi connectivity index (χ4v) is 4.11. The highest BCUT2D eigenvalue weighted by Gasteiger charge is 2.41. The Bertz CT molecular complexity index is 1270. The van der Waals surface area contributed by atoms with Crippen LogP contribution in [-0.4, -0.2) is 18.4 Å². The summed E-state index contributed by atoms with van der Waals surface area (Å²) < 4.78 is 5.52. The van der Waals surface area contributed by atoms with Gasteiger partial charge in [0.05, 0.1) is 17.9 Å². The molecule has 1 aliphatic rings. The van der Waals surface area contributed by atoms with Crippen molar-refractivity contribution in [3.63, 3.8) is 0 Å². The molecule has 1 aliphatic heterocycles. The molecule has 0 spiro atoms. The van der Waals surface area contributed by atoms with E-state index in [0.717, 1.165) is 33.6 Å². The van der Waals surface area contributed by atoms with Crippen LogP contribution in [0.25, 0.3) is 5.57 Å². The van der Waals surface area contributed by atoms with Gasteiger partial charge in [-0.25, -0.2) is 4.90 Å². The van der Waals surface area contributed by atoms with Crippen LogP contribution in [0.3, 0.4) is 0 Å². The number of rotatable bonds is 6. The van der Waals surface area contributed by atoms with E-state index in [9.17, 15) is 9.59 Å².